The van der Waals surface area contributed by atoms with Gasteiger partial charge in [0.2, 0.25) is 17.8 Å². The number of ether oxygens (including phenoxy) is 1. The molecule has 0 aliphatic carbocycles. The number of likely N-dealkylation sites (N-methyl/N-ethyl adjacent to an activating group) is 1. The van der Waals surface area contributed by atoms with Crippen LogP contribution in [0.3, 0.4) is 0 Å². The Balaban J connectivity index is 1.41. The van der Waals surface area contributed by atoms with E-state index in [1.807, 2.05) is 12.1 Å². The van der Waals surface area contributed by atoms with Crippen LogP contribution in [0.4, 0.5) is 39.3 Å². The Morgan fingerprint density at radius 2 is 1.53 bits per heavy atom. The van der Waals surface area contributed by atoms with Crippen molar-refractivity contribution in [2.24, 2.45) is 0 Å². The van der Waals surface area contributed by atoms with Gasteiger partial charge in [-0.05, 0) is 37.7 Å². The molecule has 5 rings (SSSR count). The van der Waals surface area contributed by atoms with E-state index in [0.717, 1.165) is 57.1 Å². The van der Waals surface area contributed by atoms with E-state index in [0.29, 0.717) is 23.3 Å². The second-order valence-electron chi connectivity index (χ2n) is 8.53. The normalized spacial score (nSPS) is 16.2. The van der Waals surface area contributed by atoms with Gasteiger partial charge in [-0.25, -0.2) is 4.39 Å². The van der Waals surface area contributed by atoms with Gasteiger partial charge in [0, 0.05) is 51.0 Å². The van der Waals surface area contributed by atoms with Gasteiger partial charge in [0.05, 0.1) is 18.5 Å². The summed E-state index contributed by atoms with van der Waals surface area (Å²) < 4.78 is 19.9. The zero-order valence-electron chi connectivity index (χ0n) is 19.5. The van der Waals surface area contributed by atoms with Crippen LogP contribution in [0.25, 0.3) is 0 Å². The molecule has 9 nitrogen and oxygen atoms in total. The van der Waals surface area contributed by atoms with Crippen LogP contribution in [0.5, 0.6) is 5.75 Å². The Labute approximate surface area is 198 Å². The summed E-state index contributed by atoms with van der Waals surface area (Å²) in [6, 6.07) is 12.5. The van der Waals surface area contributed by atoms with E-state index in [9.17, 15) is 4.39 Å². The van der Waals surface area contributed by atoms with Crippen molar-refractivity contribution in [2.45, 2.75) is 6.42 Å². The molecule has 0 unspecified atom stereocenters. The van der Waals surface area contributed by atoms with Gasteiger partial charge in [-0.15, -0.1) is 0 Å². The van der Waals surface area contributed by atoms with E-state index in [2.05, 4.69) is 53.4 Å². The van der Waals surface area contributed by atoms with Gasteiger partial charge in [0.25, 0.3) is 0 Å². The maximum Gasteiger partial charge on any atom is 0.233 e. The average Bonchev–Trinajstić information content (AvgIpc) is 2.80. The molecule has 0 atom stereocenters. The summed E-state index contributed by atoms with van der Waals surface area (Å²) in [6.45, 7) is 5.78. The van der Waals surface area contributed by atoms with E-state index < -0.39 is 0 Å². The predicted molar refractivity (Wildman–Crippen MR) is 132 cm³/mol. The Morgan fingerprint density at radius 1 is 0.824 bits per heavy atom. The van der Waals surface area contributed by atoms with Crippen molar-refractivity contribution in [1.82, 2.24) is 19.9 Å². The lowest BCUT2D eigenvalue weighted by Crippen LogP contribution is -2.44. The Bertz CT molecular complexity index is 1150. The summed E-state index contributed by atoms with van der Waals surface area (Å²) in [5, 5.41) is 6.25. The van der Waals surface area contributed by atoms with Crippen LogP contribution in [-0.2, 0) is 0 Å². The van der Waals surface area contributed by atoms with Crippen LogP contribution in [-0.4, -0.2) is 73.3 Å². The molecule has 3 heterocycles. The van der Waals surface area contributed by atoms with Crippen LogP contribution in [0.1, 0.15) is 6.42 Å². The molecule has 34 heavy (non-hydrogen) atoms. The monoisotopic (exact) mass is 464 g/mol. The van der Waals surface area contributed by atoms with Crippen LogP contribution >= 0.6 is 0 Å². The minimum Gasteiger partial charge on any atom is -0.494 e. The first-order valence-electron chi connectivity index (χ1n) is 11.5. The van der Waals surface area contributed by atoms with Crippen molar-refractivity contribution >= 4 is 34.9 Å². The summed E-state index contributed by atoms with van der Waals surface area (Å²) in [5.41, 5.74) is 2.18. The van der Waals surface area contributed by atoms with Crippen molar-refractivity contribution in [1.29, 1.82) is 0 Å². The summed E-state index contributed by atoms with van der Waals surface area (Å²) in [5.74, 6) is 1.52. The predicted octanol–water partition coefficient (Wildman–Crippen LogP) is 3.47. The van der Waals surface area contributed by atoms with Gasteiger partial charge in [-0.2, -0.15) is 15.0 Å². The molecule has 0 radical (unpaired) electrons. The standard InChI is InChI=1S/C24H29FN8O/c1-31-12-14-32(15-13-31)17-8-9-20(21(16-17)34-2)27-23-28-22(26-19-7-4-3-6-18(19)25)29-24(30-23)33-10-5-11-33/h3-4,6-9,16H,5,10-15H2,1-2H3,(H2,26,27,28,29,30). The van der Waals surface area contributed by atoms with Crippen LogP contribution < -0.4 is 25.2 Å². The topological polar surface area (TPSA) is 81.7 Å². The maximum absolute atomic E-state index is 14.2. The summed E-state index contributed by atoms with van der Waals surface area (Å²) in [7, 11) is 3.79. The zero-order chi connectivity index (χ0) is 23.5. The fraction of sp³-hybridized carbons (Fsp3) is 0.375. The molecule has 2 saturated heterocycles. The molecule has 0 spiro atoms. The number of hydrogen-bond acceptors (Lipinski definition) is 9. The highest BCUT2D eigenvalue weighted by molar-refractivity contribution is 5.69. The van der Waals surface area contributed by atoms with Gasteiger partial charge < -0.3 is 30.1 Å². The highest BCUT2D eigenvalue weighted by Crippen LogP contribution is 2.32. The first-order valence-corrected chi connectivity index (χ1v) is 11.5. The molecule has 2 aromatic carbocycles. The Hall–Kier alpha value is -3.66. The minimum absolute atomic E-state index is 0.275. The van der Waals surface area contributed by atoms with E-state index in [-0.39, 0.29) is 11.8 Å². The molecule has 10 heteroatoms. The lowest BCUT2D eigenvalue weighted by molar-refractivity contribution is 0.312. The minimum atomic E-state index is -0.371. The number of anilines is 6. The number of nitrogens with one attached hydrogen (secondary N) is 2. The average molecular weight is 465 g/mol. The second-order valence-corrected chi connectivity index (χ2v) is 8.53. The first-order chi connectivity index (χ1) is 16.6. The third kappa shape index (κ3) is 4.81. The first kappa shape index (κ1) is 22.1. The Morgan fingerprint density at radius 3 is 2.18 bits per heavy atom. The molecule has 2 aliphatic heterocycles. The highest BCUT2D eigenvalue weighted by Gasteiger charge is 2.21. The molecule has 0 saturated carbocycles. The van der Waals surface area contributed by atoms with Crippen molar-refractivity contribution in [3.63, 3.8) is 0 Å². The van der Waals surface area contributed by atoms with Gasteiger partial charge in [0.15, 0.2) is 0 Å². The van der Waals surface area contributed by atoms with E-state index >= 15 is 0 Å². The zero-order valence-corrected chi connectivity index (χ0v) is 19.5. The third-order valence-electron chi connectivity index (χ3n) is 6.18. The largest absolute Gasteiger partial charge is 0.494 e. The molecular weight excluding hydrogens is 435 g/mol. The maximum atomic E-state index is 14.2. The second kappa shape index (κ2) is 9.68. The SMILES string of the molecule is COc1cc(N2CCN(C)CC2)ccc1Nc1nc(Nc2ccccc2F)nc(N2CCC2)n1. The number of rotatable bonds is 7. The summed E-state index contributed by atoms with van der Waals surface area (Å²) >= 11 is 0. The number of methoxy groups -OCH3 is 1. The lowest BCUT2D eigenvalue weighted by atomic mass is 10.2. The number of hydrogen-bond donors (Lipinski definition) is 2. The molecule has 1 aromatic heterocycles. The highest BCUT2D eigenvalue weighted by atomic mass is 19.1. The Kier molecular flexibility index (Phi) is 6.31. The molecular formula is C24H29FN8O. The van der Waals surface area contributed by atoms with E-state index in [1.165, 1.54) is 6.07 Å². The van der Waals surface area contributed by atoms with Crippen LogP contribution in [0, 0.1) is 5.82 Å². The number of piperazine rings is 1. The lowest BCUT2D eigenvalue weighted by Gasteiger charge is -2.34. The van der Waals surface area contributed by atoms with Crippen molar-refractivity contribution in [3.8, 4) is 5.75 Å². The quantitative estimate of drug-likeness (QED) is 0.546. The number of para-hydroxylation sites is 1. The summed E-state index contributed by atoms with van der Waals surface area (Å²) in [4.78, 5) is 20.3. The smallest absolute Gasteiger partial charge is 0.233 e. The van der Waals surface area contributed by atoms with Crippen molar-refractivity contribution in [3.05, 3.63) is 48.3 Å². The summed E-state index contributed by atoms with van der Waals surface area (Å²) in [6.07, 6.45) is 1.09. The number of aromatic nitrogens is 3. The number of nitrogens with zero attached hydrogens (tertiary/aromatic N) is 6. The number of benzene rings is 2. The van der Waals surface area contributed by atoms with Crippen molar-refractivity contribution in [2.75, 3.05) is 73.9 Å². The van der Waals surface area contributed by atoms with Crippen LogP contribution in [0.15, 0.2) is 42.5 Å². The molecule has 178 valence electrons. The van der Waals surface area contributed by atoms with E-state index in [1.54, 1.807) is 25.3 Å². The van der Waals surface area contributed by atoms with Gasteiger partial charge in [-0.3, -0.25) is 0 Å². The van der Waals surface area contributed by atoms with Gasteiger partial charge >= 0.3 is 0 Å². The molecule has 2 N–H and O–H groups in total. The third-order valence-corrected chi connectivity index (χ3v) is 6.18. The molecule has 3 aromatic rings. The van der Waals surface area contributed by atoms with Crippen LogP contribution in [0.2, 0.25) is 0 Å². The fourth-order valence-corrected chi connectivity index (χ4v) is 3.98. The molecule has 0 amide bonds. The van der Waals surface area contributed by atoms with Gasteiger partial charge in [0.1, 0.15) is 11.6 Å². The molecule has 2 aliphatic rings. The van der Waals surface area contributed by atoms with Crippen molar-refractivity contribution < 1.29 is 9.13 Å². The van der Waals surface area contributed by atoms with Gasteiger partial charge in [-0.1, -0.05) is 12.1 Å². The molecule has 0 bridgehead atoms. The number of halogens is 1. The van der Waals surface area contributed by atoms with E-state index in [4.69, 9.17) is 4.74 Å². The fourth-order valence-electron chi connectivity index (χ4n) is 3.98. The molecule has 2 fully saturated rings.